The minimum Gasteiger partial charge on any atom is -0.454 e. The van der Waals surface area contributed by atoms with E-state index in [1.807, 2.05) is 29.8 Å². The van der Waals surface area contributed by atoms with Crippen LogP contribution in [0.15, 0.2) is 119 Å². The monoisotopic (exact) mass is 429 g/mol. The summed E-state index contributed by atoms with van der Waals surface area (Å²) in [6.45, 7) is 0. The maximum atomic E-state index is 6.69. The maximum Gasteiger partial charge on any atom is 0.154 e. The van der Waals surface area contributed by atoms with Crippen LogP contribution in [0.5, 0.6) is 0 Å². The van der Waals surface area contributed by atoms with Gasteiger partial charge in [0.15, 0.2) is 5.76 Å². The summed E-state index contributed by atoms with van der Waals surface area (Å²) in [7, 11) is 0. The Bertz CT molecular complexity index is 1510. The van der Waals surface area contributed by atoms with Crippen LogP contribution in [-0.4, -0.2) is 4.98 Å². The normalized spacial score (nSPS) is 11.1. The molecule has 6 rings (SSSR count). The van der Waals surface area contributed by atoms with Gasteiger partial charge in [0.05, 0.1) is 16.1 Å². The molecule has 4 aromatic carbocycles. The molecule has 0 N–H and O–H groups in total. The second-order valence-electron chi connectivity index (χ2n) is 7.61. The Kier molecular flexibility index (Phi) is 4.67. The summed E-state index contributed by atoms with van der Waals surface area (Å²) in [6, 6.07) is 37.6. The molecule has 0 saturated heterocycles. The van der Waals surface area contributed by atoms with E-state index < -0.39 is 0 Å². The van der Waals surface area contributed by atoms with E-state index in [9.17, 15) is 0 Å². The molecule has 0 aliphatic carbocycles. The predicted octanol–water partition coefficient (Wildman–Crippen LogP) is 8.56. The first-order valence-electron chi connectivity index (χ1n) is 10.6. The first kappa shape index (κ1) is 18.8. The Morgan fingerprint density at radius 2 is 1.09 bits per heavy atom. The molecule has 0 fully saturated rings. The van der Waals surface area contributed by atoms with Gasteiger partial charge in [-0.1, -0.05) is 109 Å². The van der Waals surface area contributed by atoms with Crippen molar-refractivity contribution in [1.29, 1.82) is 0 Å². The van der Waals surface area contributed by atoms with E-state index in [0.29, 0.717) is 0 Å². The van der Waals surface area contributed by atoms with Crippen LogP contribution in [-0.2, 0) is 0 Å². The van der Waals surface area contributed by atoms with Crippen molar-refractivity contribution in [3.05, 3.63) is 115 Å². The third-order valence-corrected chi connectivity index (χ3v) is 6.52. The molecular weight excluding hydrogens is 410 g/mol. The minimum absolute atomic E-state index is 0.875. The van der Waals surface area contributed by atoms with Gasteiger partial charge in [0, 0.05) is 21.9 Å². The Morgan fingerprint density at radius 3 is 1.81 bits per heavy atom. The summed E-state index contributed by atoms with van der Waals surface area (Å²) in [4.78, 5) is 5.73. The van der Waals surface area contributed by atoms with E-state index in [-0.39, 0.29) is 0 Å². The molecule has 2 nitrogen and oxygen atoms in total. The van der Waals surface area contributed by atoms with Crippen LogP contribution in [0.25, 0.3) is 55.1 Å². The summed E-state index contributed by atoms with van der Waals surface area (Å²) in [5.41, 5.74) is 7.37. The Labute approximate surface area is 190 Å². The summed E-state index contributed by atoms with van der Waals surface area (Å²) in [5, 5.41) is 2.21. The number of aromatic nitrogens is 1. The maximum absolute atomic E-state index is 6.69. The van der Waals surface area contributed by atoms with Gasteiger partial charge in [0.2, 0.25) is 0 Å². The summed E-state index contributed by atoms with van der Waals surface area (Å²) < 4.78 is 6.69. The smallest absolute Gasteiger partial charge is 0.154 e. The summed E-state index contributed by atoms with van der Waals surface area (Å²) >= 11 is 1.62. The van der Waals surface area contributed by atoms with Crippen molar-refractivity contribution in [2.75, 3.05) is 0 Å². The molecule has 3 heteroatoms. The number of nitrogens with zero attached hydrogens (tertiary/aromatic N) is 1. The molecular formula is C29H19NOS. The molecule has 2 heterocycles. The zero-order valence-corrected chi connectivity index (χ0v) is 18.0. The number of furan rings is 1. The van der Waals surface area contributed by atoms with Crippen LogP contribution >= 0.6 is 11.3 Å². The van der Waals surface area contributed by atoms with Crippen molar-refractivity contribution in [2.24, 2.45) is 0 Å². The van der Waals surface area contributed by atoms with Crippen LogP contribution in [0, 0.1) is 0 Å². The molecule has 0 aliphatic heterocycles. The van der Waals surface area contributed by atoms with E-state index in [0.717, 1.165) is 49.6 Å². The molecule has 2 aromatic heterocycles. The van der Waals surface area contributed by atoms with Gasteiger partial charge < -0.3 is 4.42 Å². The lowest BCUT2D eigenvalue weighted by Crippen LogP contribution is -1.83. The molecule has 0 radical (unpaired) electrons. The molecule has 0 aliphatic rings. The van der Waals surface area contributed by atoms with Crippen molar-refractivity contribution in [3.8, 4) is 44.3 Å². The van der Waals surface area contributed by atoms with Gasteiger partial charge in [0.1, 0.15) is 5.76 Å². The van der Waals surface area contributed by atoms with Crippen LogP contribution in [0.3, 0.4) is 0 Å². The predicted molar refractivity (Wildman–Crippen MR) is 134 cm³/mol. The minimum atomic E-state index is 0.875. The zero-order chi connectivity index (χ0) is 21.3. The van der Waals surface area contributed by atoms with Crippen LogP contribution in [0.4, 0.5) is 0 Å². The van der Waals surface area contributed by atoms with E-state index in [1.54, 1.807) is 11.3 Å². The standard InChI is InChI=1S/C29H19NOS/c1-3-11-20(12-4-1)22-15-7-8-16-23(22)27-24-17-9-10-18-25(24)28(31-27)29-26(30-19-32-29)21-13-5-2-6-14-21/h1-19H. The van der Waals surface area contributed by atoms with Crippen LogP contribution in [0.2, 0.25) is 0 Å². The second-order valence-corrected chi connectivity index (χ2v) is 8.47. The van der Waals surface area contributed by atoms with E-state index in [4.69, 9.17) is 4.42 Å². The highest BCUT2D eigenvalue weighted by molar-refractivity contribution is 7.13. The zero-order valence-electron chi connectivity index (χ0n) is 17.2. The van der Waals surface area contributed by atoms with E-state index in [2.05, 4.69) is 89.9 Å². The third kappa shape index (κ3) is 3.15. The topological polar surface area (TPSA) is 26.0 Å². The average molecular weight is 430 g/mol. The van der Waals surface area contributed by atoms with Gasteiger partial charge in [-0.25, -0.2) is 4.98 Å². The first-order valence-corrected chi connectivity index (χ1v) is 11.4. The van der Waals surface area contributed by atoms with Gasteiger partial charge >= 0.3 is 0 Å². The van der Waals surface area contributed by atoms with Crippen molar-refractivity contribution >= 4 is 22.1 Å². The number of hydrogen-bond acceptors (Lipinski definition) is 3. The fourth-order valence-electron chi connectivity index (χ4n) is 4.22. The number of rotatable bonds is 4. The largest absolute Gasteiger partial charge is 0.454 e. The van der Waals surface area contributed by atoms with E-state index in [1.165, 1.54) is 5.56 Å². The van der Waals surface area contributed by atoms with Crippen LogP contribution in [0.1, 0.15) is 0 Å². The molecule has 6 aromatic rings. The Balaban J connectivity index is 1.60. The van der Waals surface area contributed by atoms with Crippen molar-refractivity contribution in [2.45, 2.75) is 0 Å². The van der Waals surface area contributed by atoms with Gasteiger partial charge in [0.25, 0.3) is 0 Å². The lowest BCUT2D eigenvalue weighted by molar-refractivity contribution is 0.603. The second kappa shape index (κ2) is 7.95. The van der Waals surface area contributed by atoms with Crippen molar-refractivity contribution in [1.82, 2.24) is 4.98 Å². The quantitative estimate of drug-likeness (QED) is 0.280. The highest BCUT2D eigenvalue weighted by Gasteiger charge is 2.22. The highest BCUT2D eigenvalue weighted by Crippen LogP contribution is 2.45. The molecule has 32 heavy (non-hydrogen) atoms. The Morgan fingerprint density at radius 1 is 0.531 bits per heavy atom. The highest BCUT2D eigenvalue weighted by atomic mass is 32.1. The fraction of sp³-hybridized carbons (Fsp3) is 0. The number of hydrogen-bond donors (Lipinski definition) is 0. The van der Waals surface area contributed by atoms with E-state index >= 15 is 0 Å². The van der Waals surface area contributed by atoms with Gasteiger partial charge in [-0.2, -0.15) is 0 Å². The average Bonchev–Trinajstić information content (AvgIpc) is 3.50. The lowest BCUT2D eigenvalue weighted by Gasteiger charge is -2.08. The molecule has 0 amide bonds. The number of fused-ring (bicyclic) bond motifs is 1. The number of benzene rings is 4. The molecule has 0 bridgehead atoms. The molecule has 0 spiro atoms. The van der Waals surface area contributed by atoms with Gasteiger partial charge in [-0.05, 0) is 11.1 Å². The number of thiazole rings is 1. The molecule has 0 atom stereocenters. The molecule has 0 unspecified atom stereocenters. The van der Waals surface area contributed by atoms with Crippen molar-refractivity contribution < 1.29 is 4.42 Å². The van der Waals surface area contributed by atoms with Crippen LogP contribution < -0.4 is 0 Å². The lowest BCUT2D eigenvalue weighted by atomic mass is 9.96. The SMILES string of the molecule is c1ccc(-c2ccccc2-c2oc(-c3scnc3-c3ccccc3)c3ccccc23)cc1. The Hall–Kier alpha value is -3.95. The first-order chi connectivity index (χ1) is 15.9. The van der Waals surface area contributed by atoms with Gasteiger partial charge in [-0.3, -0.25) is 0 Å². The van der Waals surface area contributed by atoms with Crippen molar-refractivity contribution in [3.63, 3.8) is 0 Å². The van der Waals surface area contributed by atoms with Gasteiger partial charge in [-0.15, -0.1) is 11.3 Å². The summed E-state index contributed by atoms with van der Waals surface area (Å²) in [5.74, 6) is 1.77. The summed E-state index contributed by atoms with van der Waals surface area (Å²) in [6.07, 6.45) is 0. The third-order valence-electron chi connectivity index (χ3n) is 5.70. The molecule has 0 saturated carbocycles. The molecule has 152 valence electrons. The fourth-order valence-corrected chi connectivity index (χ4v) is 5.02.